The number of hydrogen-bond acceptors (Lipinski definition) is 6. The smallest absolute Gasteiger partial charge is 0.342 e. The van der Waals surface area contributed by atoms with Crippen molar-refractivity contribution in [2.45, 2.75) is 18.6 Å². The molecule has 2 unspecified atom stereocenters. The Hall–Kier alpha value is -3.62. The van der Waals surface area contributed by atoms with Gasteiger partial charge >= 0.3 is 6.03 Å². The number of likely N-dealkylation sites (N-methyl/N-ethyl adjacent to an activating group) is 1. The van der Waals surface area contributed by atoms with Crippen molar-refractivity contribution < 1.29 is 14.3 Å². The van der Waals surface area contributed by atoms with Gasteiger partial charge in [0.15, 0.2) is 0 Å². The van der Waals surface area contributed by atoms with E-state index < -0.39 is 18.2 Å². The first-order chi connectivity index (χ1) is 13.6. The number of fused-ring (bicyclic) bond motifs is 1. The highest BCUT2D eigenvalue weighted by Crippen LogP contribution is 2.29. The average Bonchev–Trinajstić information content (AvgIpc) is 3.15. The molecule has 9 heteroatoms. The third-order valence-electron chi connectivity index (χ3n) is 4.68. The molecule has 28 heavy (non-hydrogen) atoms. The summed E-state index contributed by atoms with van der Waals surface area (Å²) in [5, 5.41) is 11.5. The topological polar surface area (TPSA) is 98.6 Å². The van der Waals surface area contributed by atoms with E-state index >= 15 is 0 Å². The van der Waals surface area contributed by atoms with Crippen LogP contribution in [0, 0.1) is 0 Å². The fourth-order valence-electron chi connectivity index (χ4n) is 3.18. The minimum absolute atomic E-state index is 0.0354. The molecule has 0 aliphatic carbocycles. The highest BCUT2D eigenvalue weighted by molar-refractivity contribution is 6.00. The lowest BCUT2D eigenvalue weighted by Gasteiger charge is -2.24. The maximum absolute atomic E-state index is 12.8. The minimum atomic E-state index is -0.835. The Balaban J connectivity index is 1.44. The first-order valence-corrected chi connectivity index (χ1v) is 8.92. The molecule has 0 saturated heterocycles. The van der Waals surface area contributed by atoms with Gasteiger partial charge in [0.1, 0.15) is 24.6 Å². The zero-order chi connectivity index (χ0) is 19.5. The predicted octanol–water partition coefficient (Wildman–Crippen LogP) is 1.88. The van der Waals surface area contributed by atoms with Gasteiger partial charge in [-0.15, -0.1) is 0 Å². The fourth-order valence-corrected chi connectivity index (χ4v) is 3.18. The van der Waals surface area contributed by atoms with E-state index in [1.165, 1.54) is 9.91 Å². The number of carbonyl (C=O) groups is 2. The van der Waals surface area contributed by atoms with E-state index in [-0.39, 0.29) is 12.5 Å². The van der Waals surface area contributed by atoms with Crippen molar-refractivity contribution >= 4 is 17.6 Å². The van der Waals surface area contributed by atoms with Gasteiger partial charge in [0, 0.05) is 13.5 Å². The lowest BCUT2D eigenvalue weighted by molar-refractivity contribution is -0.120. The molecule has 2 heterocycles. The summed E-state index contributed by atoms with van der Waals surface area (Å²) < 4.78 is 5.72. The number of benzene rings is 2. The van der Waals surface area contributed by atoms with Crippen molar-refractivity contribution in [3.05, 3.63) is 60.2 Å². The van der Waals surface area contributed by atoms with E-state index in [1.807, 2.05) is 42.5 Å². The van der Waals surface area contributed by atoms with Gasteiger partial charge in [0.05, 0.1) is 5.69 Å². The van der Waals surface area contributed by atoms with E-state index in [4.69, 9.17) is 4.74 Å². The maximum atomic E-state index is 12.8. The molecule has 0 bridgehead atoms. The molecule has 3 amide bonds. The molecule has 0 fully saturated rings. The summed E-state index contributed by atoms with van der Waals surface area (Å²) in [6, 6.07) is 15.6. The molecule has 2 aliphatic rings. The Morgan fingerprint density at radius 1 is 1.21 bits per heavy atom. The van der Waals surface area contributed by atoms with Gasteiger partial charge in [0.25, 0.3) is 5.91 Å². The first-order valence-electron chi connectivity index (χ1n) is 8.92. The molecule has 9 nitrogen and oxygen atoms in total. The lowest BCUT2D eigenvalue weighted by Crippen LogP contribution is -2.54. The molecule has 2 aromatic rings. The monoisotopic (exact) mass is 380 g/mol. The van der Waals surface area contributed by atoms with Crippen LogP contribution in [0.4, 0.5) is 10.5 Å². The van der Waals surface area contributed by atoms with E-state index in [2.05, 4.69) is 21.2 Å². The van der Waals surface area contributed by atoms with E-state index in [1.54, 1.807) is 19.2 Å². The zero-order valence-electron chi connectivity index (χ0n) is 15.3. The number of rotatable bonds is 3. The zero-order valence-corrected chi connectivity index (χ0v) is 15.3. The van der Waals surface area contributed by atoms with Gasteiger partial charge in [-0.3, -0.25) is 10.2 Å². The van der Waals surface area contributed by atoms with E-state index in [9.17, 15) is 9.59 Å². The number of anilines is 1. The summed E-state index contributed by atoms with van der Waals surface area (Å²) in [6.45, 7) is 0.0354. The molecule has 0 aromatic heterocycles. The Morgan fingerprint density at radius 3 is 2.79 bits per heavy atom. The van der Waals surface area contributed by atoms with Crippen LogP contribution in [0.1, 0.15) is 5.56 Å². The van der Waals surface area contributed by atoms with Crippen molar-refractivity contribution in [1.29, 1.82) is 0 Å². The van der Waals surface area contributed by atoms with Crippen molar-refractivity contribution in [3.63, 3.8) is 0 Å². The van der Waals surface area contributed by atoms with Gasteiger partial charge in [-0.25, -0.2) is 4.79 Å². The number of ether oxygens (including phenoxy) is 1. The van der Waals surface area contributed by atoms with E-state index in [0.29, 0.717) is 17.9 Å². The molecule has 0 saturated carbocycles. The Kier molecular flexibility index (Phi) is 4.79. The van der Waals surface area contributed by atoms with Crippen LogP contribution in [-0.4, -0.2) is 42.8 Å². The number of nitrogens with one attached hydrogen (secondary N) is 2. The van der Waals surface area contributed by atoms with E-state index in [0.717, 1.165) is 5.56 Å². The Labute approximate surface area is 161 Å². The summed E-state index contributed by atoms with van der Waals surface area (Å²) in [5.41, 5.74) is 4.51. The summed E-state index contributed by atoms with van der Waals surface area (Å²) in [6.07, 6.45) is 0.0981. The Bertz CT molecular complexity index is 904. The molecular weight excluding hydrogens is 360 g/mol. The molecule has 144 valence electrons. The number of nitrogens with zero attached hydrogens (tertiary/aromatic N) is 4. The lowest BCUT2D eigenvalue weighted by atomic mass is 10.1. The van der Waals surface area contributed by atoms with Gasteiger partial charge in [-0.2, -0.15) is 5.01 Å². The third kappa shape index (κ3) is 3.46. The van der Waals surface area contributed by atoms with Crippen LogP contribution in [0.3, 0.4) is 0 Å². The normalized spacial score (nSPS) is 20.8. The number of hydrogen-bond donors (Lipinski definition) is 2. The second-order valence-electron chi connectivity index (χ2n) is 6.55. The molecule has 2 atom stereocenters. The average molecular weight is 380 g/mol. The standard InChI is InChI=1S/C19H20N6O3/c1-24-15-9-5-6-10-16(15)28-12-14(18(24)26)20-19(27)25-17(21-22-23-25)11-13-7-3-2-4-8-13/h2-10,14,17H,11-12H2,1H3,(H,20,27)(H,21,23). The highest BCUT2D eigenvalue weighted by atomic mass is 16.5. The van der Waals surface area contributed by atoms with Gasteiger partial charge in [0.2, 0.25) is 0 Å². The number of urea groups is 1. The van der Waals surface area contributed by atoms with Crippen molar-refractivity contribution in [2.75, 3.05) is 18.6 Å². The minimum Gasteiger partial charge on any atom is -0.489 e. The van der Waals surface area contributed by atoms with Crippen LogP contribution in [0.25, 0.3) is 0 Å². The quantitative estimate of drug-likeness (QED) is 0.849. The van der Waals surface area contributed by atoms with Crippen molar-refractivity contribution in [3.8, 4) is 5.75 Å². The van der Waals surface area contributed by atoms with Crippen LogP contribution in [0.2, 0.25) is 0 Å². The summed E-state index contributed by atoms with van der Waals surface area (Å²) in [4.78, 5) is 27.0. The third-order valence-corrected chi connectivity index (χ3v) is 4.68. The van der Waals surface area contributed by atoms with Crippen molar-refractivity contribution in [2.24, 2.45) is 10.4 Å². The number of carbonyl (C=O) groups excluding carboxylic acids is 2. The molecule has 2 N–H and O–H groups in total. The first kappa shape index (κ1) is 17.8. The maximum Gasteiger partial charge on any atom is 0.342 e. The van der Waals surface area contributed by atoms with Gasteiger partial charge in [-0.05, 0) is 22.9 Å². The van der Waals surface area contributed by atoms with Crippen LogP contribution < -0.4 is 20.4 Å². The molecule has 0 spiro atoms. The predicted molar refractivity (Wildman–Crippen MR) is 101 cm³/mol. The number of para-hydroxylation sites is 2. The van der Waals surface area contributed by atoms with Gasteiger partial charge < -0.3 is 15.0 Å². The van der Waals surface area contributed by atoms with Crippen LogP contribution in [0.5, 0.6) is 5.75 Å². The van der Waals surface area contributed by atoms with Crippen LogP contribution in [0.15, 0.2) is 65.0 Å². The molecule has 2 aliphatic heterocycles. The molecule has 0 radical (unpaired) electrons. The van der Waals surface area contributed by atoms with Crippen LogP contribution >= 0.6 is 0 Å². The number of amides is 3. The fraction of sp³-hybridized carbons (Fsp3) is 0.263. The largest absolute Gasteiger partial charge is 0.489 e. The van der Waals surface area contributed by atoms with Crippen molar-refractivity contribution in [1.82, 2.24) is 15.8 Å². The highest BCUT2D eigenvalue weighted by Gasteiger charge is 2.34. The second kappa shape index (κ2) is 7.55. The molecule has 4 rings (SSSR count). The summed E-state index contributed by atoms with van der Waals surface area (Å²) >= 11 is 0. The SMILES string of the molecule is CN1C(=O)C(NC(=O)N2N=NNC2Cc2ccccc2)COc2ccccc21. The second-order valence-corrected chi connectivity index (χ2v) is 6.55. The summed E-state index contributed by atoms with van der Waals surface area (Å²) in [5.74, 6) is 0.335. The van der Waals surface area contributed by atoms with Crippen LogP contribution in [-0.2, 0) is 11.2 Å². The Morgan fingerprint density at radius 2 is 1.96 bits per heavy atom. The summed E-state index contributed by atoms with van der Waals surface area (Å²) in [7, 11) is 1.66. The molecular formula is C19H20N6O3. The van der Waals surface area contributed by atoms with Gasteiger partial charge in [-0.1, -0.05) is 47.7 Å². The molecule has 2 aromatic carbocycles.